The Hall–Kier alpha value is -2.45. The lowest BCUT2D eigenvalue weighted by atomic mass is 10.2. The summed E-state index contributed by atoms with van der Waals surface area (Å²) in [5, 5.41) is -0.338. The molecule has 0 N–H and O–H groups in total. The monoisotopic (exact) mass is 299 g/mol. The summed E-state index contributed by atoms with van der Waals surface area (Å²) in [7, 11) is 0. The average molecular weight is 299 g/mol. The van der Waals surface area contributed by atoms with Crippen molar-refractivity contribution in [2.24, 2.45) is 0 Å². The van der Waals surface area contributed by atoms with Crippen molar-refractivity contribution in [1.29, 1.82) is 0 Å². The van der Waals surface area contributed by atoms with Gasteiger partial charge in [0.25, 0.3) is 11.1 Å². The highest BCUT2D eigenvalue weighted by molar-refractivity contribution is 8.18. The van der Waals surface area contributed by atoms with E-state index in [1.165, 1.54) is 0 Å². The lowest BCUT2D eigenvalue weighted by molar-refractivity contribution is -0.122. The van der Waals surface area contributed by atoms with Crippen LogP contribution in [0.25, 0.3) is 6.08 Å². The number of terminal acetylenes is 1. The lowest BCUT2D eigenvalue weighted by Crippen LogP contribution is -2.28. The molecule has 1 heterocycles. The van der Waals surface area contributed by atoms with E-state index in [1.807, 2.05) is 12.1 Å². The molecule has 1 aliphatic heterocycles. The van der Waals surface area contributed by atoms with E-state index in [1.54, 1.807) is 24.3 Å². The number of rotatable bonds is 5. The fourth-order valence-corrected chi connectivity index (χ4v) is 2.53. The Morgan fingerprint density at radius 1 is 1.33 bits per heavy atom. The predicted octanol–water partition coefficient (Wildman–Crippen LogP) is 2.92. The van der Waals surface area contributed by atoms with Crippen molar-refractivity contribution in [3.05, 3.63) is 47.4 Å². The number of nitrogens with zero attached hydrogens (tertiary/aromatic N) is 1. The first-order valence-electron chi connectivity index (χ1n) is 6.18. The summed E-state index contributed by atoms with van der Waals surface area (Å²) in [5.41, 5.74) is 0.812. The zero-order chi connectivity index (χ0) is 15.2. The minimum atomic E-state index is -0.352. The van der Waals surface area contributed by atoms with E-state index in [2.05, 4.69) is 12.5 Å². The van der Waals surface area contributed by atoms with Crippen LogP contribution in [0, 0.1) is 12.3 Å². The van der Waals surface area contributed by atoms with E-state index in [9.17, 15) is 9.59 Å². The molecule has 2 rings (SSSR count). The molecular formula is C16H13NO3S. The number of carbonyl (C=O) groups excluding carboxylic acids is 2. The Morgan fingerprint density at radius 2 is 2.05 bits per heavy atom. The lowest BCUT2D eigenvalue weighted by Gasteiger charge is -2.06. The minimum absolute atomic E-state index is 0.00363. The van der Waals surface area contributed by atoms with Crippen molar-refractivity contribution in [2.45, 2.75) is 0 Å². The number of hydrogen-bond donors (Lipinski definition) is 0. The van der Waals surface area contributed by atoms with Crippen molar-refractivity contribution >= 4 is 29.0 Å². The first-order chi connectivity index (χ1) is 10.2. The first-order valence-corrected chi connectivity index (χ1v) is 7.00. The molecule has 0 unspecified atom stereocenters. The summed E-state index contributed by atoms with van der Waals surface area (Å²) in [4.78, 5) is 25.1. The molecule has 5 heteroatoms. The molecule has 106 valence electrons. The number of carbonyl (C=O) groups is 2. The maximum absolute atomic E-state index is 12.0. The third-order valence-electron chi connectivity index (χ3n) is 2.67. The van der Waals surface area contributed by atoms with Crippen LogP contribution in [0.15, 0.2) is 41.8 Å². The molecule has 1 fully saturated rings. The molecule has 0 radical (unpaired) electrons. The number of benzene rings is 1. The SMILES string of the molecule is C#CCN1C(=O)SC(=Cc2ccc(OCC=C)cc2)C1=O. The Labute approximate surface area is 127 Å². The molecule has 0 aliphatic carbocycles. The smallest absolute Gasteiger partial charge is 0.294 e. The van der Waals surface area contributed by atoms with E-state index in [4.69, 9.17) is 11.2 Å². The van der Waals surface area contributed by atoms with Gasteiger partial charge in [0.1, 0.15) is 12.4 Å². The van der Waals surface area contributed by atoms with E-state index in [-0.39, 0.29) is 17.7 Å². The van der Waals surface area contributed by atoms with Crippen molar-refractivity contribution in [3.63, 3.8) is 0 Å². The maximum atomic E-state index is 12.0. The molecule has 1 aromatic carbocycles. The molecule has 0 saturated carbocycles. The molecular weight excluding hydrogens is 286 g/mol. The average Bonchev–Trinajstić information content (AvgIpc) is 2.75. The van der Waals surface area contributed by atoms with Gasteiger partial charge in [-0.3, -0.25) is 14.5 Å². The molecule has 2 amide bonds. The van der Waals surface area contributed by atoms with Gasteiger partial charge in [0, 0.05) is 0 Å². The highest BCUT2D eigenvalue weighted by Gasteiger charge is 2.34. The normalized spacial score (nSPS) is 16.1. The summed E-state index contributed by atoms with van der Waals surface area (Å²) >= 11 is 0.893. The number of imide groups is 1. The molecule has 1 aromatic rings. The highest BCUT2D eigenvalue weighted by Crippen LogP contribution is 2.32. The fraction of sp³-hybridized carbons (Fsp3) is 0.125. The third kappa shape index (κ3) is 3.56. The van der Waals surface area contributed by atoms with Crippen molar-refractivity contribution in [3.8, 4) is 18.1 Å². The van der Waals surface area contributed by atoms with Crippen LogP contribution in [0.4, 0.5) is 4.79 Å². The third-order valence-corrected chi connectivity index (χ3v) is 3.58. The van der Waals surface area contributed by atoms with Crippen LogP contribution >= 0.6 is 11.8 Å². The summed E-state index contributed by atoms with van der Waals surface area (Å²) in [6.45, 7) is 4.01. The molecule has 1 aliphatic rings. The van der Waals surface area contributed by atoms with E-state index >= 15 is 0 Å². The zero-order valence-electron chi connectivity index (χ0n) is 11.2. The van der Waals surface area contributed by atoms with E-state index < -0.39 is 0 Å². The fourth-order valence-electron chi connectivity index (χ4n) is 1.69. The largest absolute Gasteiger partial charge is 0.490 e. The van der Waals surface area contributed by atoms with E-state index in [0.29, 0.717) is 17.3 Å². The quantitative estimate of drug-likeness (QED) is 0.476. The summed E-state index contributed by atoms with van der Waals surface area (Å²) in [6, 6.07) is 7.21. The van der Waals surface area contributed by atoms with Crippen LogP contribution < -0.4 is 4.74 Å². The van der Waals surface area contributed by atoms with Gasteiger partial charge < -0.3 is 4.74 Å². The Balaban J connectivity index is 2.13. The topological polar surface area (TPSA) is 46.6 Å². The van der Waals surface area contributed by atoms with Gasteiger partial charge >= 0.3 is 0 Å². The van der Waals surface area contributed by atoms with Crippen molar-refractivity contribution < 1.29 is 14.3 Å². The second-order valence-corrected chi connectivity index (χ2v) is 5.13. The maximum Gasteiger partial charge on any atom is 0.294 e. The van der Waals surface area contributed by atoms with Crippen LogP contribution in [0.5, 0.6) is 5.75 Å². The molecule has 0 bridgehead atoms. The van der Waals surface area contributed by atoms with Crippen LogP contribution in [0.3, 0.4) is 0 Å². The van der Waals surface area contributed by atoms with Crippen LogP contribution in [0.1, 0.15) is 5.56 Å². The number of thioether (sulfide) groups is 1. The molecule has 4 nitrogen and oxygen atoms in total. The van der Waals surface area contributed by atoms with Gasteiger partial charge in [0.05, 0.1) is 11.4 Å². The van der Waals surface area contributed by atoms with Gasteiger partial charge in [-0.15, -0.1) is 6.42 Å². The van der Waals surface area contributed by atoms with Gasteiger partial charge in [-0.1, -0.05) is 30.7 Å². The van der Waals surface area contributed by atoms with E-state index in [0.717, 1.165) is 22.2 Å². The molecule has 0 aromatic heterocycles. The van der Waals surface area contributed by atoms with Gasteiger partial charge in [0.2, 0.25) is 0 Å². The zero-order valence-corrected chi connectivity index (χ0v) is 12.1. The molecule has 0 spiro atoms. The Bertz CT molecular complexity index is 640. The van der Waals surface area contributed by atoms with Crippen LogP contribution in [-0.4, -0.2) is 29.2 Å². The first kappa shape index (κ1) is 14.9. The number of amides is 2. The summed E-state index contributed by atoms with van der Waals surface area (Å²) < 4.78 is 5.37. The summed E-state index contributed by atoms with van der Waals surface area (Å²) in [5.74, 6) is 2.66. The van der Waals surface area contributed by atoms with Crippen LogP contribution in [0.2, 0.25) is 0 Å². The van der Waals surface area contributed by atoms with Crippen molar-refractivity contribution in [2.75, 3.05) is 13.2 Å². The molecule has 1 saturated heterocycles. The predicted molar refractivity (Wildman–Crippen MR) is 83.6 cm³/mol. The minimum Gasteiger partial charge on any atom is -0.490 e. The summed E-state index contributed by atoms with van der Waals surface area (Å²) in [6.07, 6.45) is 8.47. The van der Waals surface area contributed by atoms with Gasteiger partial charge in [-0.25, -0.2) is 0 Å². The second-order valence-electron chi connectivity index (χ2n) is 4.14. The van der Waals surface area contributed by atoms with Crippen molar-refractivity contribution in [1.82, 2.24) is 4.90 Å². The standard InChI is InChI=1S/C16H13NO3S/c1-3-9-17-15(18)14(21-16(17)19)11-12-5-7-13(8-6-12)20-10-4-2/h1,4-8,11H,2,9-10H2. The van der Waals surface area contributed by atoms with Gasteiger partial charge in [-0.05, 0) is 35.5 Å². The number of hydrogen-bond acceptors (Lipinski definition) is 4. The second kappa shape index (κ2) is 6.82. The highest BCUT2D eigenvalue weighted by atomic mass is 32.2. The molecule has 21 heavy (non-hydrogen) atoms. The van der Waals surface area contributed by atoms with Crippen LogP contribution in [-0.2, 0) is 4.79 Å². The van der Waals surface area contributed by atoms with Gasteiger partial charge in [-0.2, -0.15) is 0 Å². The number of ether oxygens (including phenoxy) is 1. The Morgan fingerprint density at radius 3 is 2.67 bits per heavy atom. The Kier molecular flexibility index (Phi) is 4.85. The van der Waals surface area contributed by atoms with Gasteiger partial charge in [0.15, 0.2) is 0 Å². The molecule has 0 atom stereocenters.